The fourth-order valence-electron chi connectivity index (χ4n) is 3.07. The Kier molecular flexibility index (Phi) is 3.37. The molecule has 1 fully saturated rings. The maximum absolute atomic E-state index is 10.8. The molecule has 0 saturated carbocycles. The van der Waals surface area contributed by atoms with Crippen LogP contribution in [0.5, 0.6) is 0 Å². The van der Waals surface area contributed by atoms with Gasteiger partial charge in [0.1, 0.15) is 5.60 Å². The summed E-state index contributed by atoms with van der Waals surface area (Å²) >= 11 is 0. The summed E-state index contributed by atoms with van der Waals surface area (Å²) in [5.74, 6) is 0. The Labute approximate surface area is 108 Å². The molecule has 3 nitrogen and oxygen atoms in total. The zero-order valence-corrected chi connectivity index (χ0v) is 10.7. The molecule has 0 amide bonds. The van der Waals surface area contributed by atoms with Crippen LogP contribution < -0.4 is 5.32 Å². The highest BCUT2D eigenvalue weighted by atomic mass is 16.5. The molecule has 1 heterocycles. The van der Waals surface area contributed by atoms with Crippen molar-refractivity contribution in [3.05, 3.63) is 35.4 Å². The first kappa shape index (κ1) is 12.2. The number of aliphatic hydroxyl groups is 1. The van der Waals surface area contributed by atoms with Gasteiger partial charge in [0.2, 0.25) is 0 Å². The van der Waals surface area contributed by atoms with Gasteiger partial charge in [0.15, 0.2) is 0 Å². The summed E-state index contributed by atoms with van der Waals surface area (Å²) in [5.41, 5.74) is 1.74. The molecule has 1 unspecified atom stereocenters. The Bertz CT molecular complexity index is 415. The first-order chi connectivity index (χ1) is 8.78. The molecular formula is C15H21NO2. The Morgan fingerprint density at radius 3 is 2.89 bits per heavy atom. The first-order valence-electron chi connectivity index (χ1n) is 6.90. The molecule has 3 rings (SSSR count). The number of benzene rings is 1. The molecule has 2 aliphatic rings. The zero-order valence-electron chi connectivity index (χ0n) is 10.7. The van der Waals surface area contributed by atoms with Crippen LogP contribution in [0.25, 0.3) is 0 Å². The lowest BCUT2D eigenvalue weighted by molar-refractivity contribution is 0.0250. The van der Waals surface area contributed by atoms with Crippen LogP contribution in [0, 0.1) is 0 Å². The molecule has 0 aromatic heterocycles. The lowest BCUT2D eigenvalue weighted by atomic mass is 9.95. The van der Waals surface area contributed by atoms with Gasteiger partial charge in [-0.2, -0.15) is 0 Å². The molecule has 1 aromatic rings. The van der Waals surface area contributed by atoms with Gasteiger partial charge in [-0.05, 0) is 36.8 Å². The highest BCUT2D eigenvalue weighted by molar-refractivity contribution is 5.37. The van der Waals surface area contributed by atoms with Crippen LogP contribution in [0.15, 0.2) is 24.3 Å². The van der Waals surface area contributed by atoms with Crippen molar-refractivity contribution in [2.75, 3.05) is 19.8 Å². The standard InChI is InChI=1S/C15H21NO2/c17-15(11-16-13-6-9-18-10-7-13)8-5-12-3-1-2-4-14(12)15/h1-4,13,16-17H,5-11H2. The van der Waals surface area contributed by atoms with Gasteiger partial charge in [0, 0.05) is 25.8 Å². The average Bonchev–Trinajstić information content (AvgIpc) is 2.77. The van der Waals surface area contributed by atoms with Gasteiger partial charge in [-0.25, -0.2) is 0 Å². The van der Waals surface area contributed by atoms with Crippen molar-refractivity contribution >= 4 is 0 Å². The molecule has 1 aromatic carbocycles. The van der Waals surface area contributed by atoms with E-state index in [-0.39, 0.29) is 0 Å². The van der Waals surface area contributed by atoms with E-state index in [1.54, 1.807) is 0 Å². The molecule has 18 heavy (non-hydrogen) atoms. The molecule has 1 atom stereocenters. The van der Waals surface area contributed by atoms with E-state index in [0.717, 1.165) is 44.5 Å². The van der Waals surface area contributed by atoms with Crippen molar-refractivity contribution in [3.63, 3.8) is 0 Å². The van der Waals surface area contributed by atoms with Crippen molar-refractivity contribution in [3.8, 4) is 0 Å². The third-order valence-electron chi connectivity index (χ3n) is 4.23. The van der Waals surface area contributed by atoms with Crippen molar-refractivity contribution < 1.29 is 9.84 Å². The van der Waals surface area contributed by atoms with Gasteiger partial charge < -0.3 is 15.2 Å². The number of hydrogen-bond donors (Lipinski definition) is 2. The summed E-state index contributed by atoms with van der Waals surface area (Å²) < 4.78 is 5.35. The van der Waals surface area contributed by atoms with E-state index in [4.69, 9.17) is 4.74 Å². The SMILES string of the molecule is OC1(CNC2CCOCC2)CCc2ccccc21. The minimum Gasteiger partial charge on any atom is -0.384 e. The first-order valence-corrected chi connectivity index (χ1v) is 6.90. The number of hydrogen-bond acceptors (Lipinski definition) is 3. The summed E-state index contributed by atoms with van der Waals surface area (Å²) in [5, 5.41) is 14.3. The smallest absolute Gasteiger partial charge is 0.103 e. The maximum atomic E-state index is 10.8. The van der Waals surface area contributed by atoms with Crippen LogP contribution in [0.1, 0.15) is 30.4 Å². The highest BCUT2D eigenvalue weighted by Gasteiger charge is 2.36. The van der Waals surface area contributed by atoms with Crippen molar-refractivity contribution in [1.29, 1.82) is 0 Å². The predicted octanol–water partition coefficient (Wildman–Crippen LogP) is 1.59. The number of aryl methyl sites for hydroxylation is 1. The topological polar surface area (TPSA) is 41.5 Å². The fourth-order valence-corrected chi connectivity index (χ4v) is 3.07. The van der Waals surface area contributed by atoms with Gasteiger partial charge >= 0.3 is 0 Å². The normalized spacial score (nSPS) is 28.3. The van der Waals surface area contributed by atoms with Crippen molar-refractivity contribution in [2.24, 2.45) is 0 Å². The second-order valence-corrected chi connectivity index (χ2v) is 5.46. The molecule has 1 aliphatic heterocycles. The van der Waals surface area contributed by atoms with Crippen molar-refractivity contribution in [1.82, 2.24) is 5.32 Å². The maximum Gasteiger partial charge on any atom is 0.103 e. The van der Waals surface area contributed by atoms with Crippen LogP contribution in [0.3, 0.4) is 0 Å². The third-order valence-corrected chi connectivity index (χ3v) is 4.23. The number of nitrogens with one attached hydrogen (secondary N) is 1. The number of rotatable bonds is 3. The lowest BCUT2D eigenvalue weighted by Gasteiger charge is -2.29. The van der Waals surface area contributed by atoms with Crippen LogP contribution in [-0.4, -0.2) is 30.9 Å². The quantitative estimate of drug-likeness (QED) is 0.852. The average molecular weight is 247 g/mol. The minimum atomic E-state index is -0.672. The third kappa shape index (κ3) is 2.30. The van der Waals surface area contributed by atoms with E-state index in [9.17, 15) is 5.11 Å². The van der Waals surface area contributed by atoms with E-state index in [1.807, 2.05) is 6.07 Å². The monoisotopic (exact) mass is 247 g/mol. The van der Waals surface area contributed by atoms with Gasteiger partial charge in [0.25, 0.3) is 0 Å². The van der Waals surface area contributed by atoms with E-state index >= 15 is 0 Å². The minimum absolute atomic E-state index is 0.496. The molecule has 1 aliphatic carbocycles. The Morgan fingerprint density at radius 2 is 2.06 bits per heavy atom. The number of ether oxygens (including phenoxy) is 1. The molecule has 1 saturated heterocycles. The molecule has 98 valence electrons. The van der Waals surface area contributed by atoms with Gasteiger partial charge in [-0.15, -0.1) is 0 Å². The van der Waals surface area contributed by atoms with E-state index in [2.05, 4.69) is 23.5 Å². The summed E-state index contributed by atoms with van der Waals surface area (Å²) in [7, 11) is 0. The summed E-state index contributed by atoms with van der Waals surface area (Å²) in [6, 6.07) is 8.76. The Morgan fingerprint density at radius 1 is 1.28 bits per heavy atom. The summed E-state index contributed by atoms with van der Waals surface area (Å²) in [4.78, 5) is 0. The van der Waals surface area contributed by atoms with Gasteiger partial charge in [-0.3, -0.25) is 0 Å². The Hall–Kier alpha value is -0.900. The van der Waals surface area contributed by atoms with Crippen LogP contribution in [0.4, 0.5) is 0 Å². The lowest BCUT2D eigenvalue weighted by Crippen LogP contribution is -2.43. The van der Waals surface area contributed by atoms with E-state index in [0.29, 0.717) is 12.6 Å². The Balaban J connectivity index is 1.65. The van der Waals surface area contributed by atoms with Gasteiger partial charge in [-0.1, -0.05) is 24.3 Å². The molecule has 2 N–H and O–H groups in total. The molecule has 0 spiro atoms. The highest BCUT2D eigenvalue weighted by Crippen LogP contribution is 2.36. The number of fused-ring (bicyclic) bond motifs is 1. The predicted molar refractivity (Wildman–Crippen MR) is 70.5 cm³/mol. The molecule has 0 radical (unpaired) electrons. The van der Waals surface area contributed by atoms with Crippen molar-refractivity contribution in [2.45, 2.75) is 37.3 Å². The van der Waals surface area contributed by atoms with Gasteiger partial charge in [0.05, 0.1) is 0 Å². The van der Waals surface area contributed by atoms with Crippen LogP contribution >= 0.6 is 0 Å². The molecule has 3 heteroatoms. The largest absolute Gasteiger partial charge is 0.384 e. The van der Waals surface area contributed by atoms with E-state index in [1.165, 1.54) is 5.56 Å². The summed E-state index contributed by atoms with van der Waals surface area (Å²) in [6.07, 6.45) is 3.93. The molecule has 0 bridgehead atoms. The van der Waals surface area contributed by atoms with E-state index < -0.39 is 5.60 Å². The van der Waals surface area contributed by atoms with Crippen LogP contribution in [0.2, 0.25) is 0 Å². The molecular weight excluding hydrogens is 226 g/mol. The zero-order chi connectivity index (χ0) is 12.4. The fraction of sp³-hybridized carbons (Fsp3) is 0.600. The van der Waals surface area contributed by atoms with Crippen LogP contribution in [-0.2, 0) is 16.8 Å². The second-order valence-electron chi connectivity index (χ2n) is 5.46. The summed E-state index contributed by atoms with van der Waals surface area (Å²) in [6.45, 7) is 2.34. The second kappa shape index (κ2) is 5.00.